The number of likely N-dealkylation sites (N-methyl/N-ethyl adjacent to an activating group) is 1. The van der Waals surface area contributed by atoms with Crippen LogP contribution in [0, 0.1) is 0 Å². The third kappa shape index (κ3) is 78.0. The van der Waals surface area contributed by atoms with Crippen molar-refractivity contribution in [2.75, 3.05) is 47.5 Å². The van der Waals surface area contributed by atoms with Crippen molar-refractivity contribution in [2.45, 2.75) is 469 Å². The van der Waals surface area contributed by atoms with Crippen LogP contribution in [0.25, 0.3) is 0 Å². The molecule has 0 saturated carbocycles. The Hall–Kier alpha value is -0.990. The molecule has 0 saturated heterocycles. The number of phosphoric acid groups is 1. The van der Waals surface area contributed by atoms with E-state index in [2.05, 4.69) is 13.8 Å². The number of hydrogen-bond donors (Lipinski definition) is 0. The van der Waals surface area contributed by atoms with Crippen LogP contribution in [0.1, 0.15) is 463 Å². The van der Waals surface area contributed by atoms with Crippen LogP contribution in [-0.2, 0) is 32.7 Å². The van der Waals surface area contributed by atoms with Crippen molar-refractivity contribution in [3.05, 3.63) is 0 Å². The smallest absolute Gasteiger partial charge is 0.306 e. The van der Waals surface area contributed by atoms with E-state index in [-0.39, 0.29) is 32.0 Å². The minimum atomic E-state index is -4.64. The Balaban J connectivity index is 3.86. The van der Waals surface area contributed by atoms with Gasteiger partial charge in [-0.2, -0.15) is 0 Å². The third-order valence-corrected chi connectivity index (χ3v) is 20.6. The topological polar surface area (TPSA) is 111 Å². The van der Waals surface area contributed by atoms with Gasteiger partial charge in [-0.25, -0.2) is 0 Å². The molecule has 0 amide bonds. The van der Waals surface area contributed by atoms with Gasteiger partial charge in [0.15, 0.2) is 6.10 Å². The van der Waals surface area contributed by atoms with E-state index in [0.29, 0.717) is 17.4 Å². The van der Waals surface area contributed by atoms with Crippen molar-refractivity contribution in [3.63, 3.8) is 0 Å². The molecule has 0 spiro atoms. The maximum atomic E-state index is 12.9. The zero-order valence-corrected chi connectivity index (χ0v) is 64.0. The summed E-state index contributed by atoms with van der Waals surface area (Å²) >= 11 is 0. The van der Waals surface area contributed by atoms with Gasteiger partial charge in [0.25, 0.3) is 7.82 Å². The number of carbonyl (C=O) groups excluding carboxylic acids is 2. The summed E-state index contributed by atoms with van der Waals surface area (Å²) in [6.07, 6.45) is 92.6. The first-order valence-corrected chi connectivity index (χ1v) is 43.2. The first-order valence-electron chi connectivity index (χ1n) is 41.7. The largest absolute Gasteiger partial charge is 0.756 e. The second kappa shape index (κ2) is 74.2. The van der Waals surface area contributed by atoms with E-state index in [9.17, 15) is 19.0 Å². The van der Waals surface area contributed by atoms with Gasteiger partial charge < -0.3 is 27.9 Å². The predicted octanol–water partition coefficient (Wildman–Crippen LogP) is 27.0. The Morgan fingerprint density at radius 3 is 0.696 bits per heavy atom. The van der Waals surface area contributed by atoms with Crippen molar-refractivity contribution in [1.82, 2.24) is 0 Å². The van der Waals surface area contributed by atoms with Gasteiger partial charge in [-0.3, -0.25) is 14.2 Å². The highest BCUT2D eigenvalue weighted by Crippen LogP contribution is 2.38. The molecule has 0 N–H and O–H groups in total. The van der Waals surface area contributed by atoms with E-state index in [0.717, 1.165) is 32.1 Å². The van der Waals surface area contributed by atoms with Crippen molar-refractivity contribution in [1.29, 1.82) is 0 Å². The molecule has 0 aliphatic rings. The molecular formula is C82H164NO8P. The van der Waals surface area contributed by atoms with Crippen LogP contribution in [0.15, 0.2) is 0 Å². The Morgan fingerprint density at radius 1 is 0.293 bits per heavy atom. The summed E-state index contributed by atoms with van der Waals surface area (Å²) in [5.74, 6) is -0.799. The molecule has 0 radical (unpaired) electrons. The number of hydrogen-bond acceptors (Lipinski definition) is 8. The molecule has 0 bridgehead atoms. The monoisotopic (exact) mass is 1320 g/mol. The Kier molecular flexibility index (Phi) is 73.4. The van der Waals surface area contributed by atoms with Gasteiger partial charge in [0.1, 0.15) is 19.8 Å². The summed E-state index contributed by atoms with van der Waals surface area (Å²) in [6, 6.07) is 0. The summed E-state index contributed by atoms with van der Waals surface area (Å²) in [5.41, 5.74) is 0. The molecule has 92 heavy (non-hydrogen) atoms. The number of phosphoric ester groups is 1. The van der Waals surface area contributed by atoms with Crippen LogP contribution < -0.4 is 4.89 Å². The van der Waals surface area contributed by atoms with E-state index in [1.807, 2.05) is 21.1 Å². The van der Waals surface area contributed by atoms with Crippen molar-refractivity contribution in [3.8, 4) is 0 Å². The molecule has 0 aromatic carbocycles. The Labute approximate surface area is 575 Å². The van der Waals surface area contributed by atoms with Crippen LogP contribution in [0.3, 0.4) is 0 Å². The van der Waals surface area contributed by atoms with Crippen molar-refractivity contribution < 1.29 is 42.1 Å². The lowest BCUT2D eigenvalue weighted by molar-refractivity contribution is -0.870. The van der Waals surface area contributed by atoms with E-state index in [1.165, 1.54) is 398 Å². The SMILES string of the molecule is CCCCCCCCCCCCCCCCCCCCCCCCCCCCCCCCCCCCCCC(=O)OC(COC(=O)CCCCCCCCCCCCCCCCCCCCCCCCCCCCCCCCCC)COP(=O)([O-])OCC[N+](C)(C)C. The van der Waals surface area contributed by atoms with E-state index in [1.54, 1.807) is 0 Å². The lowest BCUT2D eigenvalue weighted by Crippen LogP contribution is -2.37. The highest BCUT2D eigenvalue weighted by Gasteiger charge is 2.22. The van der Waals surface area contributed by atoms with Gasteiger partial charge in [0, 0.05) is 12.8 Å². The second-order valence-corrected chi connectivity index (χ2v) is 31.6. The predicted molar refractivity (Wildman–Crippen MR) is 398 cm³/mol. The Bertz CT molecular complexity index is 1510. The number of quaternary nitrogens is 1. The Morgan fingerprint density at radius 2 is 0.489 bits per heavy atom. The van der Waals surface area contributed by atoms with E-state index < -0.39 is 26.5 Å². The second-order valence-electron chi connectivity index (χ2n) is 30.2. The lowest BCUT2D eigenvalue weighted by Gasteiger charge is -2.28. The zero-order valence-electron chi connectivity index (χ0n) is 63.1. The van der Waals surface area contributed by atoms with Crippen LogP contribution in [0.4, 0.5) is 0 Å². The zero-order chi connectivity index (χ0) is 66.9. The molecule has 550 valence electrons. The average Bonchev–Trinajstić information content (AvgIpc) is 1.95. The minimum absolute atomic E-state index is 0.0246. The first kappa shape index (κ1) is 91.0. The number of nitrogens with zero attached hydrogens (tertiary/aromatic N) is 1. The maximum Gasteiger partial charge on any atom is 0.306 e. The molecule has 2 atom stereocenters. The summed E-state index contributed by atoms with van der Waals surface area (Å²) < 4.78 is 34.5. The molecule has 0 aromatic rings. The first-order chi connectivity index (χ1) is 45.0. The molecular weight excluding hydrogens is 1160 g/mol. The van der Waals surface area contributed by atoms with Crippen molar-refractivity contribution >= 4 is 19.8 Å². The molecule has 2 unspecified atom stereocenters. The van der Waals surface area contributed by atoms with Crippen LogP contribution in [0.5, 0.6) is 0 Å². The highest BCUT2D eigenvalue weighted by molar-refractivity contribution is 7.45. The van der Waals surface area contributed by atoms with E-state index >= 15 is 0 Å². The standard InChI is InChI=1S/C82H164NO8P/c1-6-8-10-12-14-16-18-20-22-24-26-28-30-32-34-36-38-40-41-42-43-45-47-49-51-53-55-57-59-61-63-65-67-69-71-73-75-82(85)91-80(79-90-92(86,87)89-77-76-83(3,4)5)78-88-81(84)74-72-70-68-66-64-62-60-58-56-54-52-50-48-46-44-39-37-35-33-31-29-27-25-23-21-19-17-15-13-11-9-7-2/h80H,6-79H2,1-5H3. The molecule has 0 rings (SSSR count). The van der Waals surface area contributed by atoms with Crippen LogP contribution in [-0.4, -0.2) is 70.0 Å². The summed E-state index contributed by atoms with van der Waals surface area (Å²) in [7, 11) is 1.20. The molecule has 0 heterocycles. The number of unbranched alkanes of at least 4 members (excludes halogenated alkanes) is 66. The number of rotatable bonds is 80. The fraction of sp³-hybridized carbons (Fsp3) is 0.976. The molecule has 0 fully saturated rings. The maximum absolute atomic E-state index is 12.9. The van der Waals surface area contributed by atoms with Gasteiger partial charge >= 0.3 is 11.9 Å². The fourth-order valence-corrected chi connectivity index (χ4v) is 14.0. The summed E-state index contributed by atoms with van der Waals surface area (Å²) in [5, 5.41) is 0. The molecule has 0 aliphatic heterocycles. The third-order valence-electron chi connectivity index (χ3n) is 19.6. The van der Waals surface area contributed by atoms with Crippen LogP contribution in [0.2, 0.25) is 0 Å². The fourth-order valence-electron chi connectivity index (χ4n) is 13.3. The number of ether oxygens (including phenoxy) is 2. The van der Waals surface area contributed by atoms with E-state index in [4.69, 9.17) is 18.5 Å². The molecule has 9 nitrogen and oxygen atoms in total. The summed E-state index contributed by atoms with van der Waals surface area (Å²) in [4.78, 5) is 38.2. The number of carbonyl (C=O) groups is 2. The van der Waals surface area contributed by atoms with Crippen LogP contribution >= 0.6 is 7.82 Å². The molecule has 0 aliphatic carbocycles. The quantitative estimate of drug-likeness (QED) is 0.0256. The lowest BCUT2D eigenvalue weighted by atomic mass is 10.0. The van der Waals surface area contributed by atoms with Crippen molar-refractivity contribution in [2.24, 2.45) is 0 Å². The highest BCUT2D eigenvalue weighted by atomic mass is 31.2. The van der Waals surface area contributed by atoms with Gasteiger partial charge in [0.05, 0.1) is 27.7 Å². The minimum Gasteiger partial charge on any atom is -0.756 e. The normalized spacial score (nSPS) is 12.9. The van der Waals surface area contributed by atoms with Gasteiger partial charge in [-0.1, -0.05) is 438 Å². The van der Waals surface area contributed by atoms with Gasteiger partial charge in [-0.05, 0) is 12.8 Å². The average molecular weight is 1320 g/mol. The summed E-state index contributed by atoms with van der Waals surface area (Å²) in [6.45, 7) is 4.35. The molecule has 0 aromatic heterocycles. The van der Waals surface area contributed by atoms with Gasteiger partial charge in [-0.15, -0.1) is 0 Å². The molecule has 10 heteroatoms. The number of esters is 2. The van der Waals surface area contributed by atoms with Gasteiger partial charge in [0.2, 0.25) is 0 Å².